The van der Waals surface area contributed by atoms with E-state index in [1.165, 1.54) is 36.0 Å². The number of methoxy groups -OCH3 is 1. The molecule has 4 nitrogen and oxygen atoms in total. The van der Waals surface area contributed by atoms with Crippen molar-refractivity contribution in [2.75, 3.05) is 13.7 Å². The van der Waals surface area contributed by atoms with Gasteiger partial charge >= 0.3 is 0 Å². The molecule has 1 amide bonds. The van der Waals surface area contributed by atoms with Crippen molar-refractivity contribution in [2.45, 2.75) is 45.1 Å². The molecule has 0 bridgehead atoms. The molecule has 0 atom stereocenters. The molecule has 0 saturated carbocycles. The van der Waals surface area contributed by atoms with Gasteiger partial charge in [0.25, 0.3) is 0 Å². The quantitative estimate of drug-likeness (QED) is 0.711. The van der Waals surface area contributed by atoms with E-state index < -0.39 is 0 Å². The molecule has 1 N–H and O–H groups in total. The van der Waals surface area contributed by atoms with Crippen molar-refractivity contribution in [1.82, 2.24) is 5.32 Å². The second-order valence-corrected chi connectivity index (χ2v) is 7.06. The van der Waals surface area contributed by atoms with E-state index in [1.54, 1.807) is 7.11 Å². The minimum Gasteiger partial charge on any atom is -0.493 e. The number of ether oxygens (including phenoxy) is 2. The maximum absolute atomic E-state index is 12.3. The standard InChI is InChI=1S/C24H27NO3/c1-3-14-28-22-12-9-18(16-23(22)27-2)10-13-24(26)25-17-19-8-11-20-6-4-5-7-21(20)15-19/h1,8-9,11-12,15-16H,4-7,10,13-14,17H2,2H3,(H,25,26). The van der Waals surface area contributed by atoms with Gasteiger partial charge in [-0.25, -0.2) is 0 Å². The zero-order chi connectivity index (χ0) is 19.8. The minimum atomic E-state index is 0.0457. The van der Waals surface area contributed by atoms with Gasteiger partial charge in [0.15, 0.2) is 11.5 Å². The second kappa shape index (κ2) is 9.85. The van der Waals surface area contributed by atoms with Gasteiger partial charge in [-0.15, -0.1) is 6.42 Å². The molecule has 3 rings (SSSR count). The SMILES string of the molecule is C#CCOc1ccc(CCC(=O)NCc2ccc3c(c2)CCCC3)cc1OC. The lowest BCUT2D eigenvalue weighted by Crippen LogP contribution is -2.23. The van der Waals surface area contributed by atoms with Gasteiger partial charge in [0, 0.05) is 13.0 Å². The first kappa shape index (κ1) is 19.8. The molecule has 0 heterocycles. The normalized spacial score (nSPS) is 12.6. The Balaban J connectivity index is 1.49. The van der Waals surface area contributed by atoms with Crippen molar-refractivity contribution in [1.29, 1.82) is 0 Å². The van der Waals surface area contributed by atoms with E-state index >= 15 is 0 Å². The summed E-state index contributed by atoms with van der Waals surface area (Å²) in [7, 11) is 1.59. The Hall–Kier alpha value is -2.93. The molecular formula is C24H27NO3. The van der Waals surface area contributed by atoms with Crippen LogP contribution >= 0.6 is 0 Å². The van der Waals surface area contributed by atoms with Crippen LogP contribution in [0.2, 0.25) is 0 Å². The average Bonchev–Trinajstić information content (AvgIpc) is 2.74. The molecular weight excluding hydrogens is 350 g/mol. The predicted molar refractivity (Wildman–Crippen MR) is 111 cm³/mol. The van der Waals surface area contributed by atoms with Crippen LogP contribution in [0.5, 0.6) is 11.5 Å². The highest BCUT2D eigenvalue weighted by Crippen LogP contribution is 2.28. The molecule has 0 spiro atoms. The lowest BCUT2D eigenvalue weighted by Gasteiger charge is -2.16. The van der Waals surface area contributed by atoms with Gasteiger partial charge in [-0.1, -0.05) is 30.2 Å². The fourth-order valence-corrected chi connectivity index (χ4v) is 3.55. The Morgan fingerprint density at radius 1 is 1.07 bits per heavy atom. The lowest BCUT2D eigenvalue weighted by atomic mass is 9.90. The first-order chi connectivity index (χ1) is 13.7. The zero-order valence-electron chi connectivity index (χ0n) is 16.4. The zero-order valence-corrected chi connectivity index (χ0v) is 16.4. The summed E-state index contributed by atoms with van der Waals surface area (Å²) < 4.78 is 10.8. The van der Waals surface area contributed by atoms with Gasteiger partial charge in [-0.2, -0.15) is 0 Å². The number of hydrogen-bond acceptors (Lipinski definition) is 3. The van der Waals surface area contributed by atoms with Crippen LogP contribution in [0, 0.1) is 12.3 Å². The summed E-state index contributed by atoms with van der Waals surface area (Å²) in [5.74, 6) is 3.72. The Morgan fingerprint density at radius 2 is 1.86 bits per heavy atom. The highest BCUT2D eigenvalue weighted by Gasteiger charge is 2.11. The van der Waals surface area contributed by atoms with Crippen molar-refractivity contribution >= 4 is 5.91 Å². The third kappa shape index (κ3) is 5.29. The third-order valence-corrected chi connectivity index (χ3v) is 5.08. The van der Waals surface area contributed by atoms with E-state index in [0.29, 0.717) is 30.9 Å². The predicted octanol–water partition coefficient (Wildman–Crippen LogP) is 3.84. The Morgan fingerprint density at radius 3 is 2.64 bits per heavy atom. The molecule has 0 radical (unpaired) electrons. The molecule has 28 heavy (non-hydrogen) atoms. The molecule has 0 fully saturated rings. The summed E-state index contributed by atoms with van der Waals surface area (Å²) in [4.78, 5) is 12.3. The van der Waals surface area contributed by atoms with Crippen LogP contribution in [0.15, 0.2) is 36.4 Å². The van der Waals surface area contributed by atoms with Crippen molar-refractivity contribution in [2.24, 2.45) is 0 Å². The van der Waals surface area contributed by atoms with Crippen LogP contribution in [0.25, 0.3) is 0 Å². The smallest absolute Gasteiger partial charge is 0.220 e. The highest BCUT2D eigenvalue weighted by molar-refractivity contribution is 5.76. The number of aryl methyl sites for hydroxylation is 3. The molecule has 146 valence electrons. The fourth-order valence-electron chi connectivity index (χ4n) is 3.55. The van der Waals surface area contributed by atoms with E-state index in [1.807, 2.05) is 18.2 Å². The van der Waals surface area contributed by atoms with Gasteiger partial charge in [-0.3, -0.25) is 4.79 Å². The van der Waals surface area contributed by atoms with Crippen LogP contribution < -0.4 is 14.8 Å². The number of terminal acetylenes is 1. The van der Waals surface area contributed by atoms with E-state index in [0.717, 1.165) is 12.0 Å². The summed E-state index contributed by atoms with van der Waals surface area (Å²) in [5, 5.41) is 3.03. The summed E-state index contributed by atoms with van der Waals surface area (Å²) in [6, 6.07) is 12.2. The number of benzene rings is 2. The number of hydrogen-bond donors (Lipinski definition) is 1. The molecule has 0 saturated heterocycles. The number of carbonyl (C=O) groups excluding carboxylic acids is 1. The van der Waals surface area contributed by atoms with Gasteiger partial charge in [0.1, 0.15) is 6.61 Å². The van der Waals surface area contributed by atoms with Gasteiger partial charge < -0.3 is 14.8 Å². The summed E-state index contributed by atoms with van der Waals surface area (Å²) in [6.07, 6.45) is 11.2. The van der Waals surface area contributed by atoms with Crippen LogP contribution in [-0.2, 0) is 30.6 Å². The first-order valence-corrected chi connectivity index (χ1v) is 9.80. The molecule has 0 unspecified atom stereocenters. The fraction of sp³-hybridized carbons (Fsp3) is 0.375. The second-order valence-electron chi connectivity index (χ2n) is 7.06. The van der Waals surface area contributed by atoms with Crippen LogP contribution in [-0.4, -0.2) is 19.6 Å². The average molecular weight is 377 g/mol. The summed E-state index contributed by atoms with van der Waals surface area (Å²) >= 11 is 0. The Labute approximate surface area is 167 Å². The largest absolute Gasteiger partial charge is 0.493 e. The van der Waals surface area contributed by atoms with E-state index in [-0.39, 0.29) is 12.5 Å². The molecule has 0 aromatic heterocycles. The molecule has 0 aliphatic heterocycles. The topological polar surface area (TPSA) is 47.6 Å². The molecule has 4 heteroatoms. The van der Waals surface area contributed by atoms with Gasteiger partial charge in [-0.05, 0) is 66.5 Å². The van der Waals surface area contributed by atoms with Crippen molar-refractivity contribution < 1.29 is 14.3 Å². The van der Waals surface area contributed by atoms with Gasteiger partial charge in [0.2, 0.25) is 5.91 Å². The van der Waals surface area contributed by atoms with Crippen molar-refractivity contribution in [3.8, 4) is 23.8 Å². The number of rotatable bonds is 8. The maximum atomic E-state index is 12.3. The van der Waals surface area contributed by atoms with Crippen LogP contribution in [0.1, 0.15) is 41.5 Å². The highest BCUT2D eigenvalue weighted by atomic mass is 16.5. The molecule has 1 aliphatic rings. The Kier molecular flexibility index (Phi) is 6.97. The Bertz CT molecular complexity index is 867. The van der Waals surface area contributed by atoms with Crippen molar-refractivity contribution in [3.05, 3.63) is 58.7 Å². The summed E-state index contributed by atoms with van der Waals surface area (Å²) in [5.41, 5.74) is 5.10. The minimum absolute atomic E-state index is 0.0457. The summed E-state index contributed by atoms with van der Waals surface area (Å²) in [6.45, 7) is 0.773. The third-order valence-electron chi connectivity index (χ3n) is 5.08. The van der Waals surface area contributed by atoms with Crippen LogP contribution in [0.4, 0.5) is 0 Å². The maximum Gasteiger partial charge on any atom is 0.220 e. The van der Waals surface area contributed by atoms with E-state index in [4.69, 9.17) is 15.9 Å². The monoisotopic (exact) mass is 377 g/mol. The lowest BCUT2D eigenvalue weighted by molar-refractivity contribution is -0.121. The molecule has 1 aliphatic carbocycles. The van der Waals surface area contributed by atoms with Gasteiger partial charge in [0.05, 0.1) is 7.11 Å². The number of amides is 1. The molecule has 2 aromatic rings. The molecule has 2 aromatic carbocycles. The van der Waals surface area contributed by atoms with Crippen LogP contribution in [0.3, 0.4) is 0 Å². The number of nitrogens with one attached hydrogen (secondary N) is 1. The van der Waals surface area contributed by atoms with E-state index in [2.05, 4.69) is 29.4 Å². The van der Waals surface area contributed by atoms with E-state index in [9.17, 15) is 4.79 Å². The van der Waals surface area contributed by atoms with Crippen molar-refractivity contribution in [3.63, 3.8) is 0 Å². The number of fused-ring (bicyclic) bond motifs is 1. The number of carbonyl (C=O) groups is 1. The first-order valence-electron chi connectivity index (χ1n) is 9.80.